The van der Waals surface area contributed by atoms with Crippen molar-refractivity contribution in [3.05, 3.63) is 75.1 Å². The van der Waals surface area contributed by atoms with E-state index in [1.165, 1.54) is 24.4 Å². The first-order chi connectivity index (χ1) is 15.4. The van der Waals surface area contributed by atoms with Crippen molar-refractivity contribution in [2.24, 2.45) is 0 Å². The summed E-state index contributed by atoms with van der Waals surface area (Å²) in [6.07, 6.45) is 5.12. The normalized spacial score (nSPS) is 16.5. The summed E-state index contributed by atoms with van der Waals surface area (Å²) in [5.74, 6) is -0.0457. The van der Waals surface area contributed by atoms with E-state index in [4.69, 9.17) is 4.74 Å². The van der Waals surface area contributed by atoms with Crippen LogP contribution in [0.5, 0.6) is 5.75 Å². The molecule has 3 rings (SSSR count). The Morgan fingerprint density at radius 2 is 2.06 bits per heavy atom. The van der Waals surface area contributed by atoms with Gasteiger partial charge in [0.15, 0.2) is 12.1 Å². The van der Waals surface area contributed by atoms with E-state index in [0.717, 1.165) is 23.2 Å². The van der Waals surface area contributed by atoms with Gasteiger partial charge in [0.05, 0.1) is 16.5 Å². The van der Waals surface area contributed by atoms with Crippen LogP contribution in [0.1, 0.15) is 23.6 Å². The van der Waals surface area contributed by atoms with Gasteiger partial charge < -0.3 is 20.1 Å². The number of esters is 1. The largest absolute Gasteiger partial charge is 0.480 e. The molecule has 6 nitrogen and oxygen atoms in total. The van der Waals surface area contributed by atoms with Crippen molar-refractivity contribution in [1.82, 2.24) is 5.32 Å². The van der Waals surface area contributed by atoms with Gasteiger partial charge in [-0.1, -0.05) is 36.9 Å². The minimum Gasteiger partial charge on any atom is -0.480 e. The second kappa shape index (κ2) is 11.2. The van der Waals surface area contributed by atoms with Gasteiger partial charge >= 0.3 is 5.97 Å². The molecule has 0 saturated carbocycles. The molecule has 8 heteroatoms. The van der Waals surface area contributed by atoms with Crippen molar-refractivity contribution >= 4 is 51.3 Å². The second-order valence-electron chi connectivity index (χ2n) is 7.02. The number of methoxy groups -OCH3 is 1. The van der Waals surface area contributed by atoms with E-state index in [-0.39, 0.29) is 18.0 Å². The fourth-order valence-electron chi connectivity index (χ4n) is 3.12. The van der Waals surface area contributed by atoms with Gasteiger partial charge in [0, 0.05) is 5.69 Å². The van der Waals surface area contributed by atoms with Crippen molar-refractivity contribution in [2.45, 2.75) is 25.3 Å². The van der Waals surface area contributed by atoms with Gasteiger partial charge in [-0.25, -0.2) is 4.79 Å². The number of carbonyl (C=O) groups excluding carboxylic acids is 2. The molecule has 2 N–H and O–H groups in total. The van der Waals surface area contributed by atoms with Crippen LogP contribution in [0.25, 0.3) is 6.08 Å². The average Bonchev–Trinajstić information content (AvgIpc) is 3.12. The van der Waals surface area contributed by atoms with Crippen LogP contribution < -0.4 is 15.4 Å². The van der Waals surface area contributed by atoms with Crippen molar-refractivity contribution in [2.75, 3.05) is 19.0 Å². The summed E-state index contributed by atoms with van der Waals surface area (Å²) in [6, 6.07) is 11.9. The number of benzene rings is 2. The number of anilines is 1. The van der Waals surface area contributed by atoms with E-state index >= 15 is 0 Å². The minimum absolute atomic E-state index is 0.134. The summed E-state index contributed by atoms with van der Waals surface area (Å²) < 4.78 is 11.0. The van der Waals surface area contributed by atoms with Crippen LogP contribution in [-0.4, -0.2) is 31.1 Å². The molecule has 1 amide bonds. The predicted molar refractivity (Wildman–Crippen MR) is 132 cm³/mol. The van der Waals surface area contributed by atoms with E-state index < -0.39 is 5.97 Å². The lowest BCUT2D eigenvalue weighted by Gasteiger charge is -2.13. The van der Waals surface area contributed by atoms with Gasteiger partial charge in [-0.3, -0.25) is 4.79 Å². The van der Waals surface area contributed by atoms with Gasteiger partial charge in [0.1, 0.15) is 5.75 Å². The summed E-state index contributed by atoms with van der Waals surface area (Å²) in [4.78, 5) is 24.6. The van der Waals surface area contributed by atoms with Gasteiger partial charge in [-0.15, -0.1) is 6.58 Å². The first-order valence-electron chi connectivity index (χ1n) is 10.1. The Morgan fingerprint density at radius 1 is 1.31 bits per heavy atom. The Morgan fingerprint density at radius 3 is 2.72 bits per heavy atom. The molecule has 1 saturated heterocycles. The number of thioether (sulfide) groups is 1. The van der Waals surface area contributed by atoms with Crippen molar-refractivity contribution in [3.8, 4) is 5.75 Å². The number of halogens is 1. The van der Waals surface area contributed by atoms with E-state index in [0.29, 0.717) is 21.5 Å². The fourth-order valence-corrected chi connectivity index (χ4v) is 4.74. The molecule has 0 radical (unpaired) electrons. The molecule has 1 aliphatic heterocycles. The summed E-state index contributed by atoms with van der Waals surface area (Å²) in [5, 5.41) is 6.27. The SMILES string of the molecule is C=CCc1cc(/C=C2\S[C@@H](Nc3ccc(CC)cc3)NC2=O)cc(Br)c1OCC(=O)OC. The van der Waals surface area contributed by atoms with E-state index in [1.807, 2.05) is 30.3 Å². The number of aryl methyl sites for hydroxylation is 1. The Kier molecular flexibility index (Phi) is 8.41. The van der Waals surface area contributed by atoms with Crippen LogP contribution >= 0.6 is 27.7 Å². The Balaban J connectivity index is 1.76. The maximum atomic E-state index is 12.5. The molecule has 1 fully saturated rings. The molecular formula is C24H25BrN2O4S. The molecule has 1 heterocycles. The number of nitrogens with one attached hydrogen (secondary N) is 2. The molecule has 2 aromatic rings. The van der Waals surface area contributed by atoms with Crippen molar-refractivity contribution < 1.29 is 19.1 Å². The summed E-state index contributed by atoms with van der Waals surface area (Å²) >= 11 is 4.94. The van der Waals surface area contributed by atoms with Crippen LogP contribution in [0, 0.1) is 0 Å². The number of ether oxygens (including phenoxy) is 2. The van der Waals surface area contributed by atoms with Crippen LogP contribution in [0.4, 0.5) is 5.69 Å². The lowest BCUT2D eigenvalue weighted by molar-refractivity contribution is -0.142. The number of hydrogen-bond acceptors (Lipinski definition) is 6. The first kappa shape index (κ1) is 23.9. The highest BCUT2D eigenvalue weighted by Gasteiger charge is 2.27. The zero-order valence-electron chi connectivity index (χ0n) is 17.9. The van der Waals surface area contributed by atoms with E-state index in [1.54, 1.807) is 6.08 Å². The third-order valence-corrected chi connectivity index (χ3v) is 6.38. The third kappa shape index (κ3) is 6.17. The van der Waals surface area contributed by atoms with Gasteiger partial charge in [0.25, 0.3) is 5.91 Å². The first-order valence-corrected chi connectivity index (χ1v) is 11.8. The van der Waals surface area contributed by atoms with Crippen molar-refractivity contribution in [3.63, 3.8) is 0 Å². The molecule has 168 valence electrons. The van der Waals surface area contributed by atoms with Crippen LogP contribution in [0.3, 0.4) is 0 Å². The second-order valence-corrected chi connectivity index (χ2v) is 9.02. The minimum atomic E-state index is -0.463. The maximum absolute atomic E-state index is 12.5. The Bertz CT molecular complexity index is 1040. The van der Waals surface area contributed by atoms with Gasteiger partial charge in [-0.05, 0) is 75.8 Å². The summed E-state index contributed by atoms with van der Waals surface area (Å²) in [5.41, 5.74) is 3.65. The molecule has 0 unspecified atom stereocenters. The molecule has 1 atom stereocenters. The van der Waals surface area contributed by atoms with E-state index in [2.05, 4.69) is 56.9 Å². The quantitative estimate of drug-likeness (QED) is 0.280. The number of carbonyl (C=O) groups is 2. The number of hydrogen-bond donors (Lipinski definition) is 2. The number of rotatable bonds is 9. The summed E-state index contributed by atoms with van der Waals surface area (Å²) in [6.45, 7) is 5.71. The topological polar surface area (TPSA) is 76.7 Å². The highest BCUT2D eigenvalue weighted by Crippen LogP contribution is 2.35. The molecule has 0 bridgehead atoms. The highest BCUT2D eigenvalue weighted by atomic mass is 79.9. The predicted octanol–water partition coefficient (Wildman–Crippen LogP) is 4.89. The Labute approximate surface area is 200 Å². The standard InChI is InChI=1S/C24H25BrN2O4S/c1-4-6-17-11-16(12-19(25)22(17)31-14-21(28)30-3)13-20-23(29)27-24(32-20)26-18-9-7-15(5-2)8-10-18/h4,7-13,24,26H,1,5-6,14H2,2-3H3,(H,27,29)/b20-13-/t24-/m0/s1. The van der Waals surface area contributed by atoms with Crippen LogP contribution in [-0.2, 0) is 27.2 Å². The lowest BCUT2D eigenvalue weighted by Crippen LogP contribution is -2.30. The zero-order chi connectivity index (χ0) is 23.1. The molecular weight excluding hydrogens is 492 g/mol. The monoisotopic (exact) mass is 516 g/mol. The smallest absolute Gasteiger partial charge is 0.343 e. The average molecular weight is 517 g/mol. The molecule has 1 aliphatic rings. The fraction of sp³-hybridized carbons (Fsp3) is 0.250. The maximum Gasteiger partial charge on any atom is 0.343 e. The Hall–Kier alpha value is -2.71. The molecule has 2 aromatic carbocycles. The van der Waals surface area contributed by atoms with Gasteiger partial charge in [0.2, 0.25) is 0 Å². The highest BCUT2D eigenvalue weighted by molar-refractivity contribution is 9.10. The van der Waals surface area contributed by atoms with Crippen LogP contribution in [0.15, 0.2) is 58.4 Å². The van der Waals surface area contributed by atoms with Gasteiger partial charge in [-0.2, -0.15) is 0 Å². The summed E-state index contributed by atoms with van der Waals surface area (Å²) in [7, 11) is 1.31. The molecule has 0 aliphatic carbocycles. The van der Waals surface area contributed by atoms with E-state index in [9.17, 15) is 9.59 Å². The molecule has 0 spiro atoms. The molecule has 0 aromatic heterocycles. The number of allylic oxidation sites excluding steroid dienone is 1. The van der Waals surface area contributed by atoms with Crippen LogP contribution in [0.2, 0.25) is 0 Å². The zero-order valence-corrected chi connectivity index (χ0v) is 20.3. The van der Waals surface area contributed by atoms with Crippen molar-refractivity contribution in [1.29, 1.82) is 0 Å². The third-order valence-electron chi connectivity index (χ3n) is 4.76. The molecule has 32 heavy (non-hydrogen) atoms. The lowest BCUT2D eigenvalue weighted by atomic mass is 10.1. The number of amides is 1.